The van der Waals surface area contributed by atoms with E-state index in [9.17, 15) is 21.2 Å². The molecular formula is C23H27FN4O5S2. The molecule has 1 aliphatic rings. The lowest BCUT2D eigenvalue weighted by Crippen LogP contribution is -2.35. The second-order valence-electron chi connectivity index (χ2n) is 8.18. The maximum Gasteiger partial charge on any atom is 0.301 e. The smallest absolute Gasteiger partial charge is 0.301 e. The zero-order chi connectivity index (χ0) is 25.2. The highest BCUT2D eigenvalue weighted by Gasteiger charge is 2.32. The van der Waals surface area contributed by atoms with Crippen LogP contribution in [-0.4, -0.2) is 58.5 Å². The summed E-state index contributed by atoms with van der Waals surface area (Å²) < 4.78 is 77.4. The van der Waals surface area contributed by atoms with Crippen molar-refractivity contribution in [1.29, 1.82) is 0 Å². The molecule has 0 radical (unpaired) electrons. The minimum absolute atomic E-state index is 0.0991. The molecule has 12 heteroatoms. The van der Waals surface area contributed by atoms with Gasteiger partial charge in [-0.1, -0.05) is 18.2 Å². The first-order valence-electron chi connectivity index (χ1n) is 10.9. The molecule has 35 heavy (non-hydrogen) atoms. The molecule has 0 bridgehead atoms. The Labute approximate surface area is 204 Å². The number of nitrogens with one attached hydrogen (secondary N) is 2. The Kier molecular flexibility index (Phi) is 7.29. The van der Waals surface area contributed by atoms with E-state index < -0.39 is 26.0 Å². The first kappa shape index (κ1) is 25.3. The van der Waals surface area contributed by atoms with Crippen LogP contribution < -0.4 is 10.0 Å². The minimum Gasteiger partial charge on any atom is -0.380 e. The standard InChI is InChI=1S/C23H27FN4O5S2/c1-25-14-17-12-23(21-8-3-4-9-22(21)24)28(15-17)34(29,30)20-7-5-6-18(13-20)26-35(31,32)27-11-10-19(16-27)33-2/h3-9,12-13,15,19,25-26H,10-11,14,16H2,1-2H3/t19-/m1/s1. The maximum absolute atomic E-state index is 14.6. The van der Waals surface area contributed by atoms with Crippen LogP contribution in [-0.2, 0) is 31.5 Å². The van der Waals surface area contributed by atoms with Gasteiger partial charge in [0.05, 0.1) is 22.4 Å². The van der Waals surface area contributed by atoms with Crippen molar-refractivity contribution in [3.8, 4) is 11.3 Å². The Hall–Kier alpha value is -2.77. The van der Waals surface area contributed by atoms with E-state index >= 15 is 0 Å². The van der Waals surface area contributed by atoms with Gasteiger partial charge in [-0.25, -0.2) is 16.8 Å². The normalized spacial score (nSPS) is 17.1. The molecule has 0 saturated carbocycles. The molecule has 2 heterocycles. The molecule has 0 amide bonds. The predicted molar refractivity (Wildman–Crippen MR) is 131 cm³/mol. The molecule has 188 valence electrons. The maximum atomic E-state index is 14.6. The van der Waals surface area contributed by atoms with E-state index in [1.807, 2.05) is 0 Å². The van der Waals surface area contributed by atoms with Crippen LogP contribution in [0.5, 0.6) is 0 Å². The summed E-state index contributed by atoms with van der Waals surface area (Å²) in [6.07, 6.45) is 1.82. The van der Waals surface area contributed by atoms with Gasteiger partial charge in [0.15, 0.2) is 0 Å². The van der Waals surface area contributed by atoms with Gasteiger partial charge in [-0.3, -0.25) is 4.72 Å². The fourth-order valence-corrected chi connectivity index (χ4v) is 6.72. The van der Waals surface area contributed by atoms with Crippen molar-refractivity contribution in [2.45, 2.75) is 24.0 Å². The summed E-state index contributed by atoms with van der Waals surface area (Å²) in [5, 5.41) is 2.96. The van der Waals surface area contributed by atoms with Gasteiger partial charge in [-0.2, -0.15) is 12.7 Å². The number of halogens is 1. The molecule has 1 saturated heterocycles. The fraction of sp³-hybridized carbons (Fsp3) is 0.304. The van der Waals surface area contributed by atoms with E-state index in [1.54, 1.807) is 19.2 Å². The van der Waals surface area contributed by atoms with E-state index in [-0.39, 0.29) is 34.5 Å². The summed E-state index contributed by atoms with van der Waals surface area (Å²) in [7, 11) is -4.84. The third-order valence-electron chi connectivity index (χ3n) is 5.79. The first-order chi connectivity index (χ1) is 16.7. The average Bonchev–Trinajstić information content (AvgIpc) is 3.48. The van der Waals surface area contributed by atoms with Crippen molar-refractivity contribution >= 4 is 25.9 Å². The molecular weight excluding hydrogens is 495 g/mol. The summed E-state index contributed by atoms with van der Waals surface area (Å²) >= 11 is 0. The quantitative estimate of drug-likeness (QED) is 0.447. The summed E-state index contributed by atoms with van der Waals surface area (Å²) in [5.41, 5.74) is 1.05. The summed E-state index contributed by atoms with van der Waals surface area (Å²) in [4.78, 5) is -0.141. The third kappa shape index (κ3) is 5.26. The van der Waals surface area contributed by atoms with E-state index in [0.717, 1.165) is 3.97 Å². The topological polar surface area (TPSA) is 110 Å². The summed E-state index contributed by atoms with van der Waals surface area (Å²) in [5.74, 6) is -0.556. The van der Waals surface area contributed by atoms with E-state index in [4.69, 9.17) is 4.74 Å². The minimum atomic E-state index is -4.19. The van der Waals surface area contributed by atoms with Crippen LogP contribution in [0, 0.1) is 5.82 Å². The first-order valence-corrected chi connectivity index (χ1v) is 13.8. The van der Waals surface area contributed by atoms with Crippen LogP contribution in [0.3, 0.4) is 0 Å². The van der Waals surface area contributed by atoms with Gasteiger partial charge in [0.1, 0.15) is 5.82 Å². The Morgan fingerprint density at radius 1 is 1.09 bits per heavy atom. The molecule has 2 N–H and O–H groups in total. The highest BCUT2D eigenvalue weighted by atomic mass is 32.2. The van der Waals surface area contributed by atoms with Crippen molar-refractivity contribution in [3.63, 3.8) is 0 Å². The number of benzene rings is 2. The van der Waals surface area contributed by atoms with Gasteiger partial charge in [0, 0.05) is 38.5 Å². The van der Waals surface area contributed by atoms with Crippen LogP contribution in [0.4, 0.5) is 10.1 Å². The zero-order valence-corrected chi connectivity index (χ0v) is 20.9. The number of methoxy groups -OCH3 is 1. The number of rotatable bonds is 9. The third-order valence-corrected chi connectivity index (χ3v) is 8.97. The molecule has 1 fully saturated rings. The molecule has 3 aromatic rings. The van der Waals surface area contributed by atoms with Crippen molar-refractivity contribution in [2.75, 3.05) is 32.0 Å². The van der Waals surface area contributed by atoms with Crippen LogP contribution >= 0.6 is 0 Å². The van der Waals surface area contributed by atoms with E-state index in [0.29, 0.717) is 25.1 Å². The highest BCUT2D eigenvalue weighted by molar-refractivity contribution is 7.90. The number of hydrogen-bond donors (Lipinski definition) is 2. The molecule has 0 aliphatic carbocycles. The van der Waals surface area contributed by atoms with Crippen LogP contribution in [0.2, 0.25) is 0 Å². The largest absolute Gasteiger partial charge is 0.380 e. The molecule has 4 rings (SSSR count). The lowest BCUT2D eigenvalue weighted by molar-refractivity contribution is 0.115. The van der Waals surface area contributed by atoms with Crippen LogP contribution in [0.15, 0.2) is 65.7 Å². The van der Waals surface area contributed by atoms with Gasteiger partial charge >= 0.3 is 10.2 Å². The average molecular weight is 523 g/mol. The molecule has 1 aromatic heterocycles. The van der Waals surface area contributed by atoms with Crippen molar-refractivity contribution < 1.29 is 26.0 Å². The fourth-order valence-electron chi connectivity index (χ4n) is 4.02. The molecule has 9 nitrogen and oxygen atoms in total. The summed E-state index contributed by atoms with van der Waals surface area (Å²) in [6.45, 7) is 0.894. The Morgan fingerprint density at radius 3 is 2.54 bits per heavy atom. The molecule has 0 spiro atoms. The van der Waals surface area contributed by atoms with Crippen LogP contribution in [0.25, 0.3) is 11.3 Å². The van der Waals surface area contributed by atoms with Gasteiger partial charge in [0.2, 0.25) is 0 Å². The van der Waals surface area contributed by atoms with Crippen LogP contribution in [0.1, 0.15) is 12.0 Å². The van der Waals surface area contributed by atoms with Crippen molar-refractivity contribution in [3.05, 3.63) is 72.2 Å². The summed E-state index contributed by atoms with van der Waals surface area (Å²) in [6, 6.07) is 13.1. The molecule has 0 unspecified atom stereocenters. The monoisotopic (exact) mass is 522 g/mol. The molecule has 1 atom stereocenters. The number of aromatic nitrogens is 1. The van der Waals surface area contributed by atoms with E-state index in [2.05, 4.69) is 10.0 Å². The van der Waals surface area contributed by atoms with Gasteiger partial charge < -0.3 is 10.1 Å². The predicted octanol–water partition coefficient (Wildman–Crippen LogP) is 2.63. The lowest BCUT2D eigenvalue weighted by Gasteiger charge is -2.18. The number of nitrogens with zero attached hydrogens (tertiary/aromatic N) is 2. The second kappa shape index (κ2) is 10.1. The van der Waals surface area contributed by atoms with Crippen molar-refractivity contribution in [2.24, 2.45) is 0 Å². The second-order valence-corrected chi connectivity index (χ2v) is 11.7. The SMILES string of the molecule is CNCc1cc(-c2ccccc2F)n(S(=O)(=O)c2cccc(NS(=O)(=O)N3CC[C@@H](OC)C3)c2)c1. The zero-order valence-electron chi connectivity index (χ0n) is 19.3. The Bertz CT molecular complexity index is 1420. The Morgan fingerprint density at radius 2 is 1.86 bits per heavy atom. The lowest BCUT2D eigenvalue weighted by atomic mass is 10.1. The van der Waals surface area contributed by atoms with Gasteiger partial charge in [0.25, 0.3) is 10.0 Å². The molecule has 2 aromatic carbocycles. The van der Waals surface area contributed by atoms with Gasteiger partial charge in [-0.15, -0.1) is 0 Å². The highest BCUT2D eigenvalue weighted by Crippen LogP contribution is 2.30. The Balaban J connectivity index is 1.70. The number of ether oxygens (including phenoxy) is 1. The van der Waals surface area contributed by atoms with E-state index in [1.165, 1.54) is 60.1 Å². The van der Waals surface area contributed by atoms with Gasteiger partial charge in [-0.05, 0) is 55.4 Å². The molecule has 1 aliphatic heterocycles. The number of hydrogen-bond acceptors (Lipinski definition) is 6. The number of anilines is 1. The van der Waals surface area contributed by atoms with Crippen molar-refractivity contribution in [1.82, 2.24) is 13.6 Å².